The minimum atomic E-state index is -4.89. The van der Waals surface area contributed by atoms with Gasteiger partial charge in [-0.3, -0.25) is 14.6 Å². The van der Waals surface area contributed by atoms with Gasteiger partial charge < -0.3 is 4.90 Å². The molecule has 3 saturated heterocycles. The highest BCUT2D eigenvalue weighted by Gasteiger charge is 2.46. The summed E-state index contributed by atoms with van der Waals surface area (Å²) >= 11 is 0. The van der Waals surface area contributed by atoms with Crippen molar-refractivity contribution in [2.24, 2.45) is 0 Å². The number of rotatable bonds is 10. The highest BCUT2D eigenvalue weighted by molar-refractivity contribution is 5.97. The Bertz CT molecular complexity index is 1460. The van der Waals surface area contributed by atoms with E-state index in [0.717, 1.165) is 76.0 Å². The average Bonchev–Trinajstić information content (AvgIpc) is 3.28. The molecule has 49 heavy (non-hydrogen) atoms. The minimum Gasteiger partial charge on any atom is -0.335 e. The molecule has 1 aromatic carbocycles. The third kappa shape index (κ3) is 8.80. The fraction of sp³-hybridized carbons (Fsp3) is 0.564. The van der Waals surface area contributed by atoms with Crippen molar-refractivity contribution in [3.63, 3.8) is 0 Å². The predicted octanol–water partition coefficient (Wildman–Crippen LogP) is 8.78. The molecular formula is C39H49F6N3O. The Morgan fingerprint density at radius 3 is 2.43 bits per heavy atom. The van der Waals surface area contributed by atoms with E-state index in [1.807, 2.05) is 37.3 Å². The Balaban J connectivity index is 1.39. The maximum atomic E-state index is 14.6. The highest BCUT2D eigenvalue weighted by atomic mass is 19.4. The summed E-state index contributed by atoms with van der Waals surface area (Å²) < 4.78 is 83.5. The molecule has 0 N–H and O–H groups in total. The lowest BCUT2D eigenvalue weighted by molar-refractivity contribution is -0.131. The largest absolute Gasteiger partial charge is 0.413 e. The summed E-state index contributed by atoms with van der Waals surface area (Å²) in [7, 11) is 0. The summed E-state index contributed by atoms with van der Waals surface area (Å²) in [6, 6.07) is 9.62. The van der Waals surface area contributed by atoms with E-state index < -0.39 is 42.2 Å². The zero-order chi connectivity index (χ0) is 35.2. The number of amides is 1. The van der Waals surface area contributed by atoms with Crippen LogP contribution in [0.4, 0.5) is 26.3 Å². The molecule has 268 valence electrons. The van der Waals surface area contributed by atoms with Crippen LogP contribution < -0.4 is 0 Å². The molecule has 0 radical (unpaired) electrons. The van der Waals surface area contributed by atoms with Gasteiger partial charge in [0.2, 0.25) is 0 Å². The number of hydrogen-bond acceptors (Lipinski definition) is 3. The van der Waals surface area contributed by atoms with E-state index in [1.165, 1.54) is 5.57 Å². The van der Waals surface area contributed by atoms with Crippen molar-refractivity contribution < 1.29 is 31.1 Å². The van der Waals surface area contributed by atoms with Crippen LogP contribution in [-0.2, 0) is 11.2 Å². The Morgan fingerprint density at radius 2 is 1.76 bits per heavy atom. The number of halogens is 6. The number of carbonyl (C=O) groups excluding carboxylic acids is 1. The number of alkyl halides is 6. The molecule has 1 spiro atoms. The minimum absolute atomic E-state index is 0.0890. The number of nitrogens with zero attached hydrogens (tertiary/aromatic N) is 3. The van der Waals surface area contributed by atoms with E-state index in [0.29, 0.717) is 31.9 Å². The first-order valence-corrected chi connectivity index (χ1v) is 17.7. The van der Waals surface area contributed by atoms with E-state index >= 15 is 0 Å². The van der Waals surface area contributed by atoms with Gasteiger partial charge in [0, 0.05) is 54.0 Å². The zero-order valence-electron chi connectivity index (χ0n) is 28.6. The standard InChI is InChI=1S/C39H49F6N3O/c1-3-10-30(11-4-2)26-47-20-9-18-37(47)17-8-19-46(28-37)34-16-21-48(35(25-34)22-29-12-6-5-7-13-29)36(49)31-14-15-32(39(43,44)45)24-33(23-31)38(41,42)27-40/h3,5-7,10-14,23-24,34-35H,4,8-9,15-22,25-28H2,1-2H3/b10-3-,30-11+. The van der Waals surface area contributed by atoms with E-state index in [4.69, 9.17) is 0 Å². The molecule has 0 aromatic heterocycles. The maximum Gasteiger partial charge on any atom is 0.413 e. The second-order valence-electron chi connectivity index (χ2n) is 14.0. The smallest absolute Gasteiger partial charge is 0.335 e. The van der Waals surface area contributed by atoms with Gasteiger partial charge >= 0.3 is 12.1 Å². The van der Waals surface area contributed by atoms with Crippen molar-refractivity contribution in [3.05, 3.63) is 94.6 Å². The van der Waals surface area contributed by atoms with E-state index in [9.17, 15) is 31.1 Å². The van der Waals surface area contributed by atoms with Crippen molar-refractivity contribution in [2.45, 2.75) is 101 Å². The molecule has 3 aliphatic heterocycles. The quantitative estimate of drug-likeness (QED) is 0.182. The predicted molar refractivity (Wildman–Crippen MR) is 182 cm³/mol. The normalized spacial score (nSPS) is 26.6. The van der Waals surface area contributed by atoms with Crippen LogP contribution >= 0.6 is 0 Å². The van der Waals surface area contributed by atoms with Crippen LogP contribution in [0.15, 0.2) is 89.1 Å². The van der Waals surface area contributed by atoms with Gasteiger partial charge in [-0.1, -0.05) is 61.6 Å². The first kappa shape index (κ1) is 37.2. The van der Waals surface area contributed by atoms with E-state index in [-0.39, 0.29) is 23.2 Å². The van der Waals surface area contributed by atoms with Crippen LogP contribution in [0.2, 0.25) is 0 Å². The van der Waals surface area contributed by atoms with Gasteiger partial charge in [-0.25, -0.2) is 4.39 Å². The summed E-state index contributed by atoms with van der Waals surface area (Å²) in [5, 5.41) is 0. The van der Waals surface area contributed by atoms with Crippen LogP contribution in [0.3, 0.4) is 0 Å². The third-order valence-electron chi connectivity index (χ3n) is 10.7. The lowest BCUT2D eigenvalue weighted by Gasteiger charge is -2.51. The molecule has 0 saturated carbocycles. The summed E-state index contributed by atoms with van der Waals surface area (Å²) in [5.41, 5.74) is -0.197. The summed E-state index contributed by atoms with van der Waals surface area (Å²) in [4.78, 5) is 21.0. The number of benzene rings is 1. The first-order valence-electron chi connectivity index (χ1n) is 17.7. The van der Waals surface area contributed by atoms with Crippen molar-refractivity contribution in [2.75, 3.05) is 39.4 Å². The van der Waals surface area contributed by atoms with Gasteiger partial charge in [0.25, 0.3) is 5.91 Å². The molecule has 1 aliphatic carbocycles. The average molecular weight is 690 g/mol. The Kier molecular flexibility index (Phi) is 12.0. The van der Waals surface area contributed by atoms with Gasteiger partial charge in [0.15, 0.2) is 6.67 Å². The highest BCUT2D eigenvalue weighted by Crippen LogP contribution is 2.41. The van der Waals surface area contributed by atoms with Gasteiger partial charge in [-0.15, -0.1) is 0 Å². The second-order valence-corrected chi connectivity index (χ2v) is 14.0. The number of hydrogen-bond donors (Lipinski definition) is 0. The molecule has 5 rings (SSSR count). The van der Waals surface area contributed by atoms with Gasteiger partial charge in [0.1, 0.15) is 0 Å². The molecular weight excluding hydrogens is 640 g/mol. The van der Waals surface area contributed by atoms with Crippen molar-refractivity contribution in [3.8, 4) is 0 Å². The molecule has 3 atom stereocenters. The van der Waals surface area contributed by atoms with Crippen LogP contribution in [0.1, 0.15) is 70.8 Å². The molecule has 4 aliphatic rings. The van der Waals surface area contributed by atoms with Gasteiger partial charge in [0.05, 0.1) is 0 Å². The molecule has 0 bridgehead atoms. The molecule has 3 fully saturated rings. The molecule has 1 amide bonds. The lowest BCUT2D eigenvalue weighted by Crippen LogP contribution is -2.60. The summed E-state index contributed by atoms with van der Waals surface area (Å²) in [5.74, 6) is -4.76. The van der Waals surface area contributed by atoms with Crippen molar-refractivity contribution >= 4 is 5.91 Å². The van der Waals surface area contributed by atoms with Gasteiger partial charge in [-0.2, -0.15) is 22.0 Å². The Labute approximate surface area is 286 Å². The lowest BCUT2D eigenvalue weighted by atomic mass is 9.83. The monoisotopic (exact) mass is 689 g/mol. The number of likely N-dealkylation sites (tertiary alicyclic amines) is 3. The van der Waals surface area contributed by atoms with Crippen LogP contribution in [0.5, 0.6) is 0 Å². The summed E-state index contributed by atoms with van der Waals surface area (Å²) in [6.45, 7) is 6.28. The Hall–Kier alpha value is -3.11. The maximum absolute atomic E-state index is 14.6. The molecule has 10 heteroatoms. The molecule has 3 heterocycles. The third-order valence-corrected chi connectivity index (χ3v) is 10.7. The summed E-state index contributed by atoms with van der Waals surface area (Å²) in [6.07, 6.45) is 10.4. The molecule has 3 unspecified atom stereocenters. The van der Waals surface area contributed by atoms with Crippen LogP contribution in [0.25, 0.3) is 0 Å². The fourth-order valence-electron chi connectivity index (χ4n) is 8.29. The first-order chi connectivity index (χ1) is 23.4. The van der Waals surface area contributed by atoms with E-state index in [2.05, 4.69) is 35.0 Å². The van der Waals surface area contributed by atoms with Crippen molar-refractivity contribution in [1.82, 2.24) is 14.7 Å². The van der Waals surface area contributed by atoms with Gasteiger partial charge in [-0.05, 0) is 101 Å². The fourth-order valence-corrected chi connectivity index (χ4v) is 8.29. The topological polar surface area (TPSA) is 26.8 Å². The second kappa shape index (κ2) is 15.8. The van der Waals surface area contributed by atoms with Crippen LogP contribution in [0, 0.1) is 0 Å². The number of piperidine rings is 2. The zero-order valence-corrected chi connectivity index (χ0v) is 28.6. The number of allylic oxidation sites excluding steroid dienone is 6. The van der Waals surface area contributed by atoms with Crippen molar-refractivity contribution in [1.29, 1.82) is 0 Å². The SMILES string of the molecule is C/C=C\C(=C/CC)CN1CCCC12CCCN(C1CCN(C(=O)C3=CCC(C(F)(F)F)=CC(C(F)(F)CF)=C3)C(Cc3ccccc3)C1)C2. The van der Waals surface area contributed by atoms with Crippen LogP contribution in [-0.4, -0.2) is 89.7 Å². The molecule has 4 nitrogen and oxygen atoms in total. The van der Waals surface area contributed by atoms with E-state index in [1.54, 1.807) is 4.90 Å². The molecule has 1 aromatic rings. The number of carbonyl (C=O) groups is 1. The Morgan fingerprint density at radius 1 is 1.02 bits per heavy atom.